The topological polar surface area (TPSA) is 49.0 Å². The molecule has 0 amide bonds. The number of thiophene rings is 1. The van der Waals surface area contributed by atoms with E-state index in [1.807, 2.05) is 13.8 Å². The fourth-order valence-corrected chi connectivity index (χ4v) is 4.11. The number of alkyl halides is 3. The van der Waals surface area contributed by atoms with Crippen LogP contribution >= 0.6 is 11.3 Å². The molecule has 1 N–H and O–H groups in total. The van der Waals surface area contributed by atoms with Crippen molar-refractivity contribution in [1.29, 1.82) is 0 Å². The molecule has 0 unspecified atom stereocenters. The maximum atomic E-state index is 12.8. The minimum atomic E-state index is -4.26. The molecule has 1 saturated carbocycles. The van der Waals surface area contributed by atoms with E-state index >= 15 is 0 Å². The van der Waals surface area contributed by atoms with Crippen LogP contribution in [0.5, 0.6) is 0 Å². The third-order valence-electron chi connectivity index (χ3n) is 4.61. The van der Waals surface area contributed by atoms with Crippen LogP contribution in [0.3, 0.4) is 0 Å². The Kier molecular flexibility index (Phi) is 4.70. The number of H-pyrrole nitrogens is 1. The lowest BCUT2D eigenvalue weighted by Crippen LogP contribution is -2.39. The first kappa shape index (κ1) is 17.4. The van der Waals surface area contributed by atoms with Crippen LogP contribution in [0.2, 0.25) is 0 Å². The Balaban J connectivity index is 1.85. The van der Waals surface area contributed by atoms with E-state index in [2.05, 4.69) is 9.97 Å². The Morgan fingerprint density at radius 2 is 2.04 bits per heavy atom. The van der Waals surface area contributed by atoms with Crippen molar-refractivity contribution in [3.8, 4) is 0 Å². The van der Waals surface area contributed by atoms with Gasteiger partial charge in [0.1, 0.15) is 10.7 Å². The Labute approximate surface area is 141 Å². The molecule has 1 aliphatic carbocycles. The van der Waals surface area contributed by atoms with Crippen LogP contribution in [-0.4, -0.2) is 34.1 Å². The van der Waals surface area contributed by atoms with Gasteiger partial charge in [-0.25, -0.2) is 4.98 Å². The zero-order valence-electron chi connectivity index (χ0n) is 13.7. The number of hydrogen-bond acceptors (Lipinski definition) is 4. The van der Waals surface area contributed by atoms with E-state index in [-0.39, 0.29) is 12.1 Å². The van der Waals surface area contributed by atoms with Gasteiger partial charge in [0.05, 0.1) is 18.5 Å². The van der Waals surface area contributed by atoms with Gasteiger partial charge in [-0.1, -0.05) is 6.42 Å². The van der Waals surface area contributed by atoms with Crippen molar-refractivity contribution in [3.05, 3.63) is 26.6 Å². The second kappa shape index (κ2) is 6.48. The zero-order valence-corrected chi connectivity index (χ0v) is 14.5. The second-order valence-corrected chi connectivity index (χ2v) is 7.76. The quantitative estimate of drug-likeness (QED) is 0.884. The molecule has 0 spiro atoms. The van der Waals surface area contributed by atoms with Crippen LogP contribution in [0.25, 0.3) is 10.2 Å². The van der Waals surface area contributed by atoms with E-state index in [0.29, 0.717) is 28.5 Å². The molecule has 0 atom stereocenters. The third kappa shape index (κ3) is 3.80. The van der Waals surface area contributed by atoms with Gasteiger partial charge in [-0.3, -0.25) is 9.69 Å². The van der Waals surface area contributed by atoms with Gasteiger partial charge in [-0.2, -0.15) is 13.2 Å². The van der Waals surface area contributed by atoms with Crippen LogP contribution in [-0.2, 0) is 6.54 Å². The van der Waals surface area contributed by atoms with E-state index in [4.69, 9.17) is 0 Å². The summed E-state index contributed by atoms with van der Waals surface area (Å²) >= 11 is 1.41. The van der Waals surface area contributed by atoms with Gasteiger partial charge in [0.15, 0.2) is 0 Å². The number of fused-ring (bicyclic) bond motifs is 1. The van der Waals surface area contributed by atoms with Crippen molar-refractivity contribution in [3.63, 3.8) is 0 Å². The molecule has 1 fully saturated rings. The Morgan fingerprint density at radius 1 is 1.33 bits per heavy atom. The lowest BCUT2D eigenvalue weighted by Gasteiger charge is -2.32. The van der Waals surface area contributed by atoms with Crippen molar-refractivity contribution in [1.82, 2.24) is 14.9 Å². The number of halogens is 3. The number of aryl methyl sites for hydroxylation is 2. The number of nitrogens with zero attached hydrogens (tertiary/aromatic N) is 2. The number of aromatic amines is 1. The molecule has 1 aliphatic rings. The fraction of sp³-hybridized carbons (Fsp3) is 0.625. The summed E-state index contributed by atoms with van der Waals surface area (Å²) in [5.41, 5.74) is 0.615. The lowest BCUT2D eigenvalue weighted by atomic mass is 9.85. The molecule has 4 nitrogen and oxygen atoms in total. The minimum Gasteiger partial charge on any atom is -0.309 e. The highest BCUT2D eigenvalue weighted by Crippen LogP contribution is 2.29. The molecule has 8 heteroatoms. The van der Waals surface area contributed by atoms with Crippen LogP contribution in [0.1, 0.15) is 35.5 Å². The number of aromatic nitrogens is 2. The van der Waals surface area contributed by atoms with Crippen molar-refractivity contribution in [2.75, 3.05) is 13.1 Å². The summed E-state index contributed by atoms with van der Waals surface area (Å²) in [7, 11) is 0. The molecule has 3 rings (SSSR count). The molecule has 0 aromatic carbocycles. The van der Waals surface area contributed by atoms with Gasteiger partial charge < -0.3 is 4.98 Å². The summed E-state index contributed by atoms with van der Waals surface area (Å²) < 4.78 is 38.5. The highest BCUT2D eigenvalue weighted by Gasteiger charge is 2.33. The van der Waals surface area contributed by atoms with Gasteiger partial charge in [0, 0.05) is 11.4 Å². The molecule has 0 bridgehead atoms. The van der Waals surface area contributed by atoms with Crippen molar-refractivity contribution >= 4 is 21.6 Å². The molecule has 2 heterocycles. The van der Waals surface area contributed by atoms with Crippen molar-refractivity contribution in [2.45, 2.75) is 45.8 Å². The van der Waals surface area contributed by atoms with E-state index < -0.39 is 12.7 Å². The summed E-state index contributed by atoms with van der Waals surface area (Å²) in [6.45, 7) is 3.19. The molecular weight excluding hydrogens is 339 g/mol. The molecule has 0 radical (unpaired) electrons. The Morgan fingerprint density at radius 3 is 2.62 bits per heavy atom. The maximum absolute atomic E-state index is 12.8. The lowest BCUT2D eigenvalue weighted by molar-refractivity contribution is -0.149. The highest BCUT2D eigenvalue weighted by molar-refractivity contribution is 7.18. The molecular formula is C16H20F3N3OS. The van der Waals surface area contributed by atoms with Gasteiger partial charge >= 0.3 is 6.18 Å². The monoisotopic (exact) mass is 359 g/mol. The summed E-state index contributed by atoms with van der Waals surface area (Å²) in [6.07, 6.45) is -1.23. The predicted octanol–water partition coefficient (Wildman–Crippen LogP) is 3.77. The molecule has 0 aliphatic heterocycles. The molecule has 2 aromatic heterocycles. The van der Waals surface area contributed by atoms with Crippen molar-refractivity contribution in [2.24, 2.45) is 5.92 Å². The largest absolute Gasteiger partial charge is 0.401 e. The van der Waals surface area contributed by atoms with Gasteiger partial charge in [-0.15, -0.1) is 11.3 Å². The average Bonchev–Trinajstić information content (AvgIpc) is 2.67. The van der Waals surface area contributed by atoms with Gasteiger partial charge in [0.25, 0.3) is 5.56 Å². The third-order valence-corrected chi connectivity index (χ3v) is 5.71. The zero-order chi connectivity index (χ0) is 17.5. The fourth-order valence-electron chi connectivity index (χ4n) is 3.06. The average molecular weight is 359 g/mol. The predicted molar refractivity (Wildman–Crippen MR) is 88.4 cm³/mol. The summed E-state index contributed by atoms with van der Waals surface area (Å²) in [5.74, 6) is 0.617. The smallest absolute Gasteiger partial charge is 0.309 e. The van der Waals surface area contributed by atoms with Gasteiger partial charge in [0.2, 0.25) is 0 Å². The van der Waals surface area contributed by atoms with Crippen LogP contribution < -0.4 is 5.56 Å². The SMILES string of the molecule is Cc1sc2nc(CN(CC3CCC3)CC(F)(F)F)[nH]c(=O)c2c1C. The first-order chi connectivity index (χ1) is 11.2. The standard InChI is InChI=1S/C16H20F3N3OS/c1-9-10(2)24-15-13(9)14(23)20-12(21-15)7-22(8-16(17,18)19)6-11-4-3-5-11/h11H,3-8H2,1-2H3,(H,20,21,23). The summed E-state index contributed by atoms with van der Waals surface area (Å²) in [5, 5.41) is 0.544. The van der Waals surface area contributed by atoms with E-state index in [1.54, 1.807) is 0 Å². The minimum absolute atomic E-state index is 0.0111. The molecule has 24 heavy (non-hydrogen) atoms. The number of nitrogens with one attached hydrogen (secondary N) is 1. The molecule has 132 valence electrons. The Bertz CT molecular complexity index is 792. The normalized spacial score (nSPS) is 16.1. The van der Waals surface area contributed by atoms with E-state index in [9.17, 15) is 18.0 Å². The number of rotatable bonds is 5. The van der Waals surface area contributed by atoms with Crippen LogP contribution in [0.15, 0.2) is 4.79 Å². The maximum Gasteiger partial charge on any atom is 0.401 e. The van der Waals surface area contributed by atoms with Crippen LogP contribution in [0.4, 0.5) is 13.2 Å². The van der Waals surface area contributed by atoms with Crippen LogP contribution in [0, 0.1) is 19.8 Å². The number of hydrogen-bond donors (Lipinski definition) is 1. The summed E-state index contributed by atoms with van der Waals surface area (Å²) in [6, 6.07) is 0. The first-order valence-electron chi connectivity index (χ1n) is 8.01. The summed E-state index contributed by atoms with van der Waals surface area (Å²) in [4.78, 5) is 22.3. The van der Waals surface area contributed by atoms with Crippen molar-refractivity contribution < 1.29 is 13.2 Å². The van der Waals surface area contributed by atoms with E-state index in [1.165, 1.54) is 16.2 Å². The Hall–Kier alpha value is -1.41. The van der Waals surface area contributed by atoms with E-state index in [0.717, 1.165) is 29.7 Å². The molecule has 0 saturated heterocycles. The molecule has 2 aromatic rings. The van der Waals surface area contributed by atoms with Gasteiger partial charge in [-0.05, 0) is 38.2 Å². The second-order valence-electron chi connectivity index (χ2n) is 6.56. The highest BCUT2D eigenvalue weighted by atomic mass is 32.1. The first-order valence-corrected chi connectivity index (χ1v) is 8.82.